The van der Waals surface area contributed by atoms with E-state index in [2.05, 4.69) is 21.4 Å². The molecule has 3 rings (SSSR count). The standard InChI is InChI=1S/C20H19ClN4O/c1-3-25(17-9-4-6-14(2)12-17)20-22-11-10-18(24-20)19(26)23-16-8-5-7-15(21)13-16/h4-13H,3H2,1-2H3,(H,23,26). The summed E-state index contributed by atoms with van der Waals surface area (Å²) in [5.74, 6) is 0.174. The molecule has 1 heterocycles. The maximum atomic E-state index is 12.5. The zero-order valence-electron chi connectivity index (χ0n) is 14.6. The van der Waals surface area contributed by atoms with Gasteiger partial charge in [0, 0.05) is 29.1 Å². The summed E-state index contributed by atoms with van der Waals surface area (Å²) in [4.78, 5) is 23.2. The van der Waals surface area contributed by atoms with E-state index < -0.39 is 0 Å². The second-order valence-corrected chi connectivity index (χ2v) is 6.23. The van der Waals surface area contributed by atoms with Gasteiger partial charge in [-0.15, -0.1) is 0 Å². The molecule has 0 saturated heterocycles. The van der Waals surface area contributed by atoms with Crippen molar-refractivity contribution >= 4 is 34.8 Å². The van der Waals surface area contributed by atoms with Gasteiger partial charge in [0.1, 0.15) is 5.69 Å². The van der Waals surface area contributed by atoms with Crippen LogP contribution in [0.3, 0.4) is 0 Å². The molecule has 0 radical (unpaired) electrons. The Morgan fingerprint density at radius 2 is 1.96 bits per heavy atom. The molecule has 5 nitrogen and oxygen atoms in total. The summed E-state index contributed by atoms with van der Waals surface area (Å²) in [6.07, 6.45) is 1.59. The van der Waals surface area contributed by atoms with Gasteiger partial charge in [0.25, 0.3) is 5.91 Å². The maximum Gasteiger partial charge on any atom is 0.274 e. The summed E-state index contributed by atoms with van der Waals surface area (Å²) in [7, 11) is 0. The number of nitrogens with one attached hydrogen (secondary N) is 1. The Hall–Kier alpha value is -2.92. The SMILES string of the molecule is CCN(c1cccc(C)c1)c1nccc(C(=O)Nc2cccc(Cl)c2)n1. The Morgan fingerprint density at radius 1 is 1.15 bits per heavy atom. The molecule has 26 heavy (non-hydrogen) atoms. The van der Waals surface area contributed by atoms with Crippen LogP contribution in [-0.4, -0.2) is 22.4 Å². The Kier molecular flexibility index (Phi) is 5.49. The molecule has 0 fully saturated rings. The Bertz CT molecular complexity index is 929. The van der Waals surface area contributed by atoms with Gasteiger partial charge in [0.05, 0.1) is 0 Å². The third-order valence-electron chi connectivity index (χ3n) is 3.83. The minimum absolute atomic E-state index is 0.293. The van der Waals surface area contributed by atoms with Crippen molar-refractivity contribution in [2.75, 3.05) is 16.8 Å². The number of aromatic nitrogens is 2. The van der Waals surface area contributed by atoms with E-state index in [1.807, 2.05) is 36.9 Å². The first-order chi connectivity index (χ1) is 12.6. The van der Waals surface area contributed by atoms with Crippen molar-refractivity contribution in [1.29, 1.82) is 0 Å². The number of amides is 1. The van der Waals surface area contributed by atoms with Gasteiger partial charge in [0.2, 0.25) is 5.95 Å². The molecule has 0 unspecified atom stereocenters. The molecular formula is C20H19ClN4O. The lowest BCUT2D eigenvalue weighted by molar-refractivity contribution is 0.102. The monoisotopic (exact) mass is 366 g/mol. The molecular weight excluding hydrogens is 348 g/mol. The predicted octanol–water partition coefficient (Wildman–Crippen LogP) is 4.85. The molecule has 0 bridgehead atoms. The van der Waals surface area contributed by atoms with E-state index in [0.717, 1.165) is 11.3 Å². The fourth-order valence-corrected chi connectivity index (χ4v) is 2.79. The highest BCUT2D eigenvalue weighted by atomic mass is 35.5. The number of hydrogen-bond donors (Lipinski definition) is 1. The summed E-state index contributed by atoms with van der Waals surface area (Å²) in [5, 5.41) is 3.36. The zero-order valence-corrected chi connectivity index (χ0v) is 15.4. The van der Waals surface area contributed by atoms with Gasteiger partial charge in [-0.2, -0.15) is 0 Å². The number of halogens is 1. The molecule has 0 aliphatic heterocycles. The van der Waals surface area contributed by atoms with Crippen molar-refractivity contribution in [3.05, 3.63) is 77.1 Å². The first-order valence-electron chi connectivity index (χ1n) is 8.31. The lowest BCUT2D eigenvalue weighted by atomic mass is 10.2. The molecule has 2 aromatic carbocycles. The van der Waals surface area contributed by atoms with Crippen molar-refractivity contribution in [3.8, 4) is 0 Å². The fourth-order valence-electron chi connectivity index (χ4n) is 2.60. The van der Waals surface area contributed by atoms with Crippen LogP contribution in [0.4, 0.5) is 17.3 Å². The normalized spacial score (nSPS) is 10.4. The predicted molar refractivity (Wildman–Crippen MR) is 105 cm³/mol. The van der Waals surface area contributed by atoms with Gasteiger partial charge < -0.3 is 10.2 Å². The maximum absolute atomic E-state index is 12.5. The first-order valence-corrected chi connectivity index (χ1v) is 8.69. The van der Waals surface area contributed by atoms with Crippen molar-refractivity contribution in [2.45, 2.75) is 13.8 Å². The van der Waals surface area contributed by atoms with E-state index >= 15 is 0 Å². The van der Waals surface area contributed by atoms with Crippen LogP contribution in [0.15, 0.2) is 60.8 Å². The van der Waals surface area contributed by atoms with Crippen LogP contribution in [0.2, 0.25) is 5.02 Å². The topological polar surface area (TPSA) is 58.1 Å². The van der Waals surface area contributed by atoms with E-state index in [1.165, 1.54) is 0 Å². The van der Waals surface area contributed by atoms with Crippen molar-refractivity contribution < 1.29 is 4.79 Å². The van der Waals surface area contributed by atoms with E-state index in [4.69, 9.17) is 11.6 Å². The smallest absolute Gasteiger partial charge is 0.274 e. The molecule has 0 saturated carbocycles. The van der Waals surface area contributed by atoms with Crippen LogP contribution >= 0.6 is 11.6 Å². The second kappa shape index (κ2) is 7.97. The Labute approximate surface area is 157 Å². The number of rotatable bonds is 5. The van der Waals surface area contributed by atoms with Crippen molar-refractivity contribution in [3.63, 3.8) is 0 Å². The summed E-state index contributed by atoms with van der Waals surface area (Å²) in [5.41, 5.74) is 3.05. The summed E-state index contributed by atoms with van der Waals surface area (Å²) in [6, 6.07) is 16.7. The summed E-state index contributed by atoms with van der Waals surface area (Å²) in [6.45, 7) is 4.74. The molecule has 0 aliphatic carbocycles. The molecule has 3 aromatic rings. The van der Waals surface area contributed by atoms with Gasteiger partial charge in [-0.05, 0) is 55.8 Å². The average Bonchev–Trinajstić information content (AvgIpc) is 2.63. The fraction of sp³-hybridized carbons (Fsp3) is 0.150. The molecule has 1 N–H and O–H groups in total. The van der Waals surface area contributed by atoms with E-state index in [0.29, 0.717) is 28.9 Å². The van der Waals surface area contributed by atoms with Crippen LogP contribution in [0.5, 0.6) is 0 Å². The van der Waals surface area contributed by atoms with Gasteiger partial charge in [-0.25, -0.2) is 9.97 Å². The number of benzene rings is 2. The van der Waals surface area contributed by atoms with Gasteiger partial charge in [-0.1, -0.05) is 29.8 Å². The van der Waals surface area contributed by atoms with Crippen molar-refractivity contribution in [1.82, 2.24) is 9.97 Å². The summed E-state index contributed by atoms with van der Waals surface area (Å²) < 4.78 is 0. The Morgan fingerprint density at radius 3 is 2.69 bits per heavy atom. The number of aryl methyl sites for hydroxylation is 1. The van der Waals surface area contributed by atoms with Crippen LogP contribution in [0.1, 0.15) is 23.0 Å². The highest BCUT2D eigenvalue weighted by Gasteiger charge is 2.14. The van der Waals surface area contributed by atoms with Gasteiger partial charge in [-0.3, -0.25) is 4.79 Å². The average molecular weight is 367 g/mol. The summed E-state index contributed by atoms with van der Waals surface area (Å²) >= 11 is 5.96. The number of carbonyl (C=O) groups is 1. The number of carbonyl (C=O) groups excluding carboxylic acids is 1. The van der Waals surface area contributed by atoms with Crippen LogP contribution in [0, 0.1) is 6.92 Å². The largest absolute Gasteiger partial charge is 0.321 e. The third-order valence-corrected chi connectivity index (χ3v) is 4.06. The van der Waals surface area contributed by atoms with Crippen molar-refractivity contribution in [2.24, 2.45) is 0 Å². The minimum atomic E-state index is -0.309. The van der Waals surface area contributed by atoms with Crippen LogP contribution in [-0.2, 0) is 0 Å². The lowest BCUT2D eigenvalue weighted by Crippen LogP contribution is -2.21. The van der Waals surface area contributed by atoms with Crippen LogP contribution in [0.25, 0.3) is 0 Å². The highest BCUT2D eigenvalue weighted by molar-refractivity contribution is 6.30. The van der Waals surface area contributed by atoms with E-state index in [9.17, 15) is 4.79 Å². The van der Waals surface area contributed by atoms with Gasteiger partial charge >= 0.3 is 0 Å². The minimum Gasteiger partial charge on any atom is -0.321 e. The van der Waals surface area contributed by atoms with E-state index in [-0.39, 0.29) is 5.91 Å². The molecule has 6 heteroatoms. The number of anilines is 3. The number of nitrogens with zero attached hydrogens (tertiary/aromatic N) is 3. The molecule has 1 aromatic heterocycles. The first kappa shape index (κ1) is 17.9. The molecule has 0 spiro atoms. The quantitative estimate of drug-likeness (QED) is 0.701. The van der Waals surface area contributed by atoms with Crippen LogP contribution < -0.4 is 10.2 Å². The van der Waals surface area contributed by atoms with E-state index in [1.54, 1.807) is 36.5 Å². The molecule has 0 aliphatic rings. The molecule has 132 valence electrons. The lowest BCUT2D eigenvalue weighted by Gasteiger charge is -2.21. The number of hydrogen-bond acceptors (Lipinski definition) is 4. The Balaban J connectivity index is 1.86. The molecule has 0 atom stereocenters. The zero-order chi connectivity index (χ0) is 18.5. The second-order valence-electron chi connectivity index (χ2n) is 5.79. The van der Waals surface area contributed by atoms with Gasteiger partial charge in [0.15, 0.2) is 0 Å². The third kappa shape index (κ3) is 4.18. The molecule has 1 amide bonds. The highest BCUT2D eigenvalue weighted by Crippen LogP contribution is 2.23.